The molecule has 0 radical (unpaired) electrons. The third kappa shape index (κ3) is 2.86. The van der Waals surface area contributed by atoms with Crippen molar-refractivity contribution >= 4 is 22.6 Å². The fourth-order valence-electron chi connectivity index (χ4n) is 2.33. The van der Waals surface area contributed by atoms with Gasteiger partial charge in [-0.1, -0.05) is 38.3 Å². The molecule has 2 rings (SSSR count). The molecular weight excluding hydrogens is 244 g/mol. The third-order valence-corrected chi connectivity index (χ3v) is 3.47. The Morgan fingerprint density at radius 3 is 2.72 bits per heavy atom. The summed E-state index contributed by atoms with van der Waals surface area (Å²) in [6.07, 6.45) is 5.05. The molecule has 98 valence electrons. The number of fused-ring (bicyclic) bond motifs is 1. The second kappa shape index (κ2) is 6.24. The summed E-state index contributed by atoms with van der Waals surface area (Å²) in [6, 6.07) is 8.28. The average molecular weight is 265 g/mol. The molecule has 0 bridgehead atoms. The van der Waals surface area contributed by atoms with Crippen LogP contribution in [0.3, 0.4) is 0 Å². The van der Waals surface area contributed by atoms with Crippen LogP contribution in [-0.2, 0) is 6.54 Å². The van der Waals surface area contributed by atoms with Gasteiger partial charge in [0.2, 0.25) is 0 Å². The van der Waals surface area contributed by atoms with Crippen molar-refractivity contribution in [3.63, 3.8) is 0 Å². The van der Waals surface area contributed by atoms with Crippen LogP contribution in [0.15, 0.2) is 24.3 Å². The van der Waals surface area contributed by atoms with E-state index >= 15 is 0 Å². The molecule has 0 aliphatic carbocycles. The Morgan fingerprint density at radius 2 is 2.00 bits per heavy atom. The smallest absolute Gasteiger partial charge is 0.127 e. The van der Waals surface area contributed by atoms with E-state index in [2.05, 4.69) is 34.7 Å². The van der Waals surface area contributed by atoms with Crippen LogP contribution in [-0.4, -0.2) is 9.55 Å². The minimum atomic E-state index is -0.0384. The fraction of sp³-hybridized carbons (Fsp3) is 0.533. The van der Waals surface area contributed by atoms with Gasteiger partial charge in [-0.25, -0.2) is 4.98 Å². The molecule has 0 saturated carbocycles. The van der Waals surface area contributed by atoms with E-state index in [1.165, 1.54) is 31.2 Å². The van der Waals surface area contributed by atoms with E-state index in [1.54, 1.807) is 0 Å². The van der Waals surface area contributed by atoms with E-state index < -0.39 is 0 Å². The molecule has 0 N–H and O–H groups in total. The maximum absolute atomic E-state index is 6.24. The van der Waals surface area contributed by atoms with Crippen LogP contribution < -0.4 is 0 Å². The predicted molar refractivity (Wildman–Crippen MR) is 78.1 cm³/mol. The maximum Gasteiger partial charge on any atom is 0.127 e. The summed E-state index contributed by atoms with van der Waals surface area (Å²) in [6.45, 7) is 5.25. The molecule has 1 unspecified atom stereocenters. The molecule has 18 heavy (non-hydrogen) atoms. The number of imidazole rings is 1. The second-order valence-electron chi connectivity index (χ2n) is 4.79. The van der Waals surface area contributed by atoms with Gasteiger partial charge in [0.25, 0.3) is 0 Å². The van der Waals surface area contributed by atoms with Gasteiger partial charge in [0.15, 0.2) is 0 Å². The first-order valence-corrected chi connectivity index (χ1v) is 7.27. The molecule has 0 fully saturated rings. The SMILES string of the molecule is CCCCCCn1c(C(C)Cl)nc2ccccc21. The largest absolute Gasteiger partial charge is 0.327 e. The molecule has 3 heteroatoms. The van der Waals surface area contributed by atoms with Gasteiger partial charge >= 0.3 is 0 Å². The fourth-order valence-corrected chi connectivity index (χ4v) is 2.50. The van der Waals surface area contributed by atoms with Gasteiger partial charge in [0.05, 0.1) is 16.4 Å². The molecule has 0 amide bonds. The Balaban J connectivity index is 2.24. The monoisotopic (exact) mass is 264 g/mol. The average Bonchev–Trinajstić information content (AvgIpc) is 2.74. The van der Waals surface area contributed by atoms with Crippen LogP contribution in [0, 0.1) is 0 Å². The normalized spacial score (nSPS) is 13.1. The van der Waals surface area contributed by atoms with E-state index in [0.29, 0.717) is 0 Å². The summed E-state index contributed by atoms with van der Waals surface area (Å²) in [5.41, 5.74) is 2.26. The number of aryl methyl sites for hydroxylation is 1. The van der Waals surface area contributed by atoms with Gasteiger partial charge < -0.3 is 4.57 Å². The summed E-state index contributed by atoms with van der Waals surface area (Å²) in [4.78, 5) is 4.64. The van der Waals surface area contributed by atoms with E-state index in [-0.39, 0.29) is 5.38 Å². The van der Waals surface area contributed by atoms with Crippen LogP contribution in [0.4, 0.5) is 0 Å². The lowest BCUT2D eigenvalue weighted by Crippen LogP contribution is -2.04. The number of para-hydroxylation sites is 2. The lowest BCUT2D eigenvalue weighted by atomic mass is 10.2. The van der Waals surface area contributed by atoms with Gasteiger partial charge in [-0.15, -0.1) is 11.6 Å². The lowest BCUT2D eigenvalue weighted by molar-refractivity contribution is 0.574. The van der Waals surface area contributed by atoms with Crippen LogP contribution in [0.25, 0.3) is 11.0 Å². The highest BCUT2D eigenvalue weighted by molar-refractivity contribution is 6.20. The Kier molecular flexibility index (Phi) is 4.65. The number of aromatic nitrogens is 2. The summed E-state index contributed by atoms with van der Waals surface area (Å²) >= 11 is 6.24. The lowest BCUT2D eigenvalue weighted by Gasteiger charge is -2.10. The van der Waals surface area contributed by atoms with Crippen LogP contribution in [0.1, 0.15) is 50.7 Å². The van der Waals surface area contributed by atoms with Gasteiger partial charge in [0.1, 0.15) is 5.82 Å². The number of hydrogen-bond acceptors (Lipinski definition) is 1. The third-order valence-electron chi connectivity index (χ3n) is 3.28. The van der Waals surface area contributed by atoms with Crippen molar-refractivity contribution in [3.8, 4) is 0 Å². The maximum atomic E-state index is 6.24. The molecule has 1 aromatic heterocycles. The van der Waals surface area contributed by atoms with Crippen molar-refractivity contribution in [3.05, 3.63) is 30.1 Å². The molecule has 2 nitrogen and oxygen atoms in total. The number of nitrogens with zero attached hydrogens (tertiary/aromatic N) is 2. The minimum absolute atomic E-state index is 0.0384. The van der Waals surface area contributed by atoms with Crippen molar-refractivity contribution in [1.82, 2.24) is 9.55 Å². The van der Waals surface area contributed by atoms with Gasteiger partial charge in [0, 0.05) is 6.54 Å². The quantitative estimate of drug-likeness (QED) is 0.535. The highest BCUT2D eigenvalue weighted by Gasteiger charge is 2.13. The van der Waals surface area contributed by atoms with Gasteiger partial charge in [-0.05, 0) is 25.5 Å². The number of rotatable bonds is 6. The zero-order valence-electron chi connectivity index (χ0n) is 11.2. The molecule has 0 aliphatic rings. The molecule has 0 spiro atoms. The number of benzene rings is 1. The zero-order chi connectivity index (χ0) is 13.0. The number of unbranched alkanes of at least 4 members (excludes halogenated alkanes) is 3. The summed E-state index contributed by atoms with van der Waals surface area (Å²) in [5.74, 6) is 0.995. The Bertz CT molecular complexity index is 502. The van der Waals surface area contributed by atoms with Crippen molar-refractivity contribution in [2.75, 3.05) is 0 Å². The highest BCUT2D eigenvalue weighted by atomic mass is 35.5. The molecule has 1 heterocycles. The van der Waals surface area contributed by atoms with Gasteiger partial charge in [-0.3, -0.25) is 0 Å². The molecule has 1 atom stereocenters. The minimum Gasteiger partial charge on any atom is -0.327 e. The summed E-state index contributed by atoms with van der Waals surface area (Å²) in [5, 5.41) is -0.0384. The molecule has 0 aliphatic heterocycles. The molecule has 0 saturated heterocycles. The number of halogens is 1. The molecular formula is C15H21ClN2. The van der Waals surface area contributed by atoms with Gasteiger partial charge in [-0.2, -0.15) is 0 Å². The summed E-state index contributed by atoms with van der Waals surface area (Å²) < 4.78 is 2.28. The van der Waals surface area contributed by atoms with Crippen LogP contribution >= 0.6 is 11.6 Å². The second-order valence-corrected chi connectivity index (χ2v) is 5.44. The number of alkyl halides is 1. The van der Waals surface area contributed by atoms with E-state index in [1.807, 2.05) is 13.0 Å². The van der Waals surface area contributed by atoms with Crippen molar-refractivity contribution < 1.29 is 0 Å². The first-order chi connectivity index (χ1) is 8.74. The van der Waals surface area contributed by atoms with Crippen molar-refractivity contribution in [1.29, 1.82) is 0 Å². The first kappa shape index (κ1) is 13.4. The predicted octanol–water partition coefficient (Wildman–Crippen LogP) is 4.92. The topological polar surface area (TPSA) is 17.8 Å². The molecule has 2 aromatic rings. The first-order valence-electron chi connectivity index (χ1n) is 6.83. The van der Waals surface area contributed by atoms with Crippen molar-refractivity contribution in [2.24, 2.45) is 0 Å². The Labute approximate surface area is 114 Å². The molecule has 1 aromatic carbocycles. The van der Waals surface area contributed by atoms with Crippen LogP contribution in [0.2, 0.25) is 0 Å². The van der Waals surface area contributed by atoms with E-state index in [9.17, 15) is 0 Å². The number of hydrogen-bond donors (Lipinski definition) is 0. The Hall–Kier alpha value is -1.02. The van der Waals surface area contributed by atoms with E-state index in [4.69, 9.17) is 11.6 Å². The Morgan fingerprint density at radius 1 is 1.22 bits per heavy atom. The summed E-state index contributed by atoms with van der Waals surface area (Å²) in [7, 11) is 0. The van der Waals surface area contributed by atoms with Crippen molar-refractivity contribution in [2.45, 2.75) is 51.5 Å². The van der Waals surface area contributed by atoms with E-state index in [0.717, 1.165) is 17.9 Å². The zero-order valence-corrected chi connectivity index (χ0v) is 12.0. The highest BCUT2D eigenvalue weighted by Crippen LogP contribution is 2.25. The van der Waals surface area contributed by atoms with Crippen LogP contribution in [0.5, 0.6) is 0 Å². The standard InChI is InChI=1S/C15H21ClN2/c1-3-4-5-8-11-18-14-10-7-6-9-13(14)17-15(18)12(2)16/h6-7,9-10,12H,3-5,8,11H2,1-2H3.